The van der Waals surface area contributed by atoms with E-state index in [1.165, 1.54) is 38.1 Å². The molecule has 2 aliphatic rings. The number of rotatable bonds is 6. The fourth-order valence-corrected chi connectivity index (χ4v) is 10.8. The molecule has 5 rings (SSSR count). The van der Waals surface area contributed by atoms with Gasteiger partial charge in [-0.25, -0.2) is 39.2 Å². The van der Waals surface area contributed by atoms with Gasteiger partial charge in [0.05, 0.1) is 30.7 Å². The van der Waals surface area contributed by atoms with Crippen LogP contribution in [0.25, 0.3) is 0 Å². The van der Waals surface area contributed by atoms with Crippen molar-refractivity contribution in [3.63, 3.8) is 0 Å². The zero-order chi connectivity index (χ0) is 33.3. The molecule has 2 aliphatic heterocycles. The van der Waals surface area contributed by atoms with Gasteiger partial charge in [-0.1, -0.05) is 26.0 Å². The van der Waals surface area contributed by atoms with E-state index in [4.69, 9.17) is 0 Å². The number of fused-ring (bicyclic) bond motifs is 2. The van der Waals surface area contributed by atoms with Crippen molar-refractivity contribution >= 4 is 35.9 Å². The molecule has 1 fully saturated rings. The van der Waals surface area contributed by atoms with Crippen LogP contribution in [-0.4, -0.2) is 59.8 Å². The van der Waals surface area contributed by atoms with Gasteiger partial charge in [0.1, 0.15) is 5.82 Å². The second-order valence-electron chi connectivity index (χ2n) is 11.2. The van der Waals surface area contributed by atoms with Crippen LogP contribution in [0.15, 0.2) is 74.2 Å². The van der Waals surface area contributed by atoms with Crippen LogP contribution in [0.2, 0.25) is 0 Å². The lowest BCUT2D eigenvalue weighted by Gasteiger charge is -2.36. The van der Waals surface area contributed by atoms with E-state index in [9.17, 15) is 52.7 Å². The molecule has 0 bridgehead atoms. The summed E-state index contributed by atoms with van der Waals surface area (Å²) in [7, 11) is -13.9. The summed E-state index contributed by atoms with van der Waals surface area (Å²) >= 11 is 0. The molecule has 0 amide bonds. The molecule has 2 N–H and O–H groups in total. The van der Waals surface area contributed by atoms with Gasteiger partial charge in [0.2, 0.25) is 29.9 Å². The number of aromatic carboxylic acids is 1. The lowest BCUT2D eigenvalue weighted by Crippen LogP contribution is -2.46. The fraction of sp³-hybridized carbons (Fsp3) is 0.321. The summed E-state index contributed by atoms with van der Waals surface area (Å²) in [6.07, 6.45) is -5.52. The number of alkyl halides is 3. The molecule has 0 spiro atoms. The maximum absolute atomic E-state index is 14.3. The van der Waals surface area contributed by atoms with Gasteiger partial charge in [0.15, 0.2) is 0 Å². The third-order valence-electron chi connectivity index (χ3n) is 8.04. The monoisotopic (exact) mass is 690 g/mol. The zero-order valence-electron chi connectivity index (χ0n) is 23.6. The summed E-state index contributed by atoms with van der Waals surface area (Å²) in [5.74, 6) is -2.24. The van der Waals surface area contributed by atoms with Crippen LogP contribution in [0.5, 0.6) is 0 Å². The van der Waals surface area contributed by atoms with Crippen molar-refractivity contribution in [3.05, 3.63) is 82.7 Å². The summed E-state index contributed by atoms with van der Waals surface area (Å²) in [4.78, 5) is 8.43. The van der Waals surface area contributed by atoms with Gasteiger partial charge in [-0.3, -0.25) is 0 Å². The Kier molecular flexibility index (Phi) is 7.96. The summed E-state index contributed by atoms with van der Waals surface area (Å²) in [5, 5.41) is 9.17. The average Bonchev–Trinajstić information content (AvgIpc) is 2.95. The third-order valence-corrected chi connectivity index (χ3v) is 13.3. The maximum Gasteiger partial charge on any atom is 0.417 e. The van der Waals surface area contributed by atoms with E-state index in [0.29, 0.717) is 12.1 Å². The number of hydrogen-bond donors (Lipinski definition) is 2. The topological polar surface area (TPSA) is 155 Å². The number of sulfone groups is 1. The molecule has 0 aromatic heterocycles. The quantitative estimate of drug-likeness (QED) is 0.366. The molecule has 10 nitrogen and oxygen atoms in total. The minimum absolute atomic E-state index is 0.0506. The number of sulfonamides is 2. The van der Waals surface area contributed by atoms with Crippen LogP contribution < -0.4 is 4.72 Å². The largest absolute Gasteiger partial charge is 0.478 e. The van der Waals surface area contributed by atoms with E-state index in [2.05, 4.69) is 4.72 Å². The van der Waals surface area contributed by atoms with Gasteiger partial charge in [0, 0.05) is 24.5 Å². The first-order chi connectivity index (χ1) is 20.7. The second kappa shape index (κ2) is 10.9. The Hall–Kier alpha value is -3.38. The van der Waals surface area contributed by atoms with Gasteiger partial charge >= 0.3 is 12.1 Å². The number of carboxylic acid groups (broad SMARTS) is 1. The van der Waals surface area contributed by atoms with Crippen LogP contribution in [0.4, 0.5) is 17.6 Å². The van der Waals surface area contributed by atoms with Crippen molar-refractivity contribution in [2.75, 3.05) is 13.1 Å². The molecule has 0 aliphatic carbocycles. The van der Waals surface area contributed by atoms with Gasteiger partial charge in [-0.15, -0.1) is 0 Å². The minimum Gasteiger partial charge on any atom is -0.478 e. The van der Waals surface area contributed by atoms with E-state index in [1.807, 2.05) is 0 Å². The van der Waals surface area contributed by atoms with E-state index in [1.54, 1.807) is 0 Å². The minimum atomic E-state index is -5.22. The lowest BCUT2D eigenvalue weighted by molar-refractivity contribution is -0.140. The predicted octanol–water partition coefficient (Wildman–Crippen LogP) is 4.15. The van der Waals surface area contributed by atoms with E-state index < -0.39 is 79.6 Å². The molecule has 45 heavy (non-hydrogen) atoms. The molecular formula is C28H26F4N2O8S3. The highest BCUT2D eigenvalue weighted by Gasteiger charge is 2.46. The normalized spacial score (nSPS) is 18.6. The predicted molar refractivity (Wildman–Crippen MR) is 151 cm³/mol. The molecule has 17 heteroatoms. The average molecular weight is 691 g/mol. The number of nitrogens with one attached hydrogen (secondary N) is 1. The first-order valence-electron chi connectivity index (χ1n) is 13.3. The molecule has 0 atom stereocenters. The summed E-state index contributed by atoms with van der Waals surface area (Å²) < 4.78 is 140. The molecule has 0 saturated carbocycles. The zero-order valence-corrected chi connectivity index (χ0v) is 26.0. The van der Waals surface area contributed by atoms with Crippen molar-refractivity contribution in [2.24, 2.45) is 0 Å². The number of benzene rings is 3. The highest BCUT2D eigenvalue weighted by atomic mass is 32.2. The standard InChI is InChI=1S/C28H26F4N2O8S3/c1-27(2)20-7-6-17(29)13-23(20)43(37,38)24-15-25(22(14-21(24)27)28(30,31)32)44(39,40)33-18-8-10-34(11-9-18)45(41,42)19-5-3-4-16(12-19)26(35)36/h3-7,12-15,18,33H,8-11H2,1-2H3,(H,35,36). The van der Waals surface area contributed by atoms with E-state index >= 15 is 0 Å². The van der Waals surface area contributed by atoms with Gasteiger partial charge < -0.3 is 5.11 Å². The van der Waals surface area contributed by atoms with Gasteiger partial charge in [-0.2, -0.15) is 17.5 Å². The summed E-state index contributed by atoms with van der Waals surface area (Å²) in [6, 6.07) is 7.45. The van der Waals surface area contributed by atoms with Crippen molar-refractivity contribution < 1.29 is 52.7 Å². The molecule has 0 radical (unpaired) electrons. The van der Waals surface area contributed by atoms with Gasteiger partial charge in [-0.05, 0) is 66.4 Å². The highest BCUT2D eigenvalue weighted by Crippen LogP contribution is 2.49. The third kappa shape index (κ3) is 5.75. The number of nitrogens with zero attached hydrogens (tertiary/aromatic N) is 1. The van der Waals surface area contributed by atoms with Crippen LogP contribution >= 0.6 is 0 Å². The Morgan fingerprint density at radius 2 is 1.58 bits per heavy atom. The summed E-state index contributed by atoms with van der Waals surface area (Å²) in [5.41, 5.74) is -3.49. The molecule has 1 saturated heterocycles. The molecular weight excluding hydrogens is 665 g/mol. The van der Waals surface area contributed by atoms with E-state index in [0.717, 1.165) is 22.5 Å². The highest BCUT2D eigenvalue weighted by molar-refractivity contribution is 7.92. The second-order valence-corrected chi connectivity index (χ2v) is 16.8. The van der Waals surface area contributed by atoms with Crippen molar-refractivity contribution in [1.29, 1.82) is 0 Å². The maximum atomic E-state index is 14.3. The Bertz CT molecular complexity index is 2050. The van der Waals surface area contributed by atoms with Crippen LogP contribution in [-0.2, 0) is 41.5 Å². The summed E-state index contributed by atoms with van der Waals surface area (Å²) in [6.45, 7) is 2.41. The van der Waals surface area contributed by atoms with Crippen LogP contribution in [0, 0.1) is 5.82 Å². The Balaban J connectivity index is 1.47. The number of halogens is 4. The Morgan fingerprint density at radius 3 is 2.18 bits per heavy atom. The lowest BCUT2D eigenvalue weighted by atomic mass is 9.77. The molecule has 2 heterocycles. The van der Waals surface area contributed by atoms with Gasteiger partial charge in [0.25, 0.3) is 0 Å². The number of carbonyl (C=O) groups is 1. The molecule has 242 valence electrons. The van der Waals surface area contributed by atoms with Crippen LogP contribution in [0.3, 0.4) is 0 Å². The van der Waals surface area contributed by atoms with Crippen molar-refractivity contribution in [1.82, 2.24) is 9.03 Å². The van der Waals surface area contributed by atoms with E-state index in [-0.39, 0.29) is 47.5 Å². The molecule has 3 aromatic rings. The van der Waals surface area contributed by atoms with Crippen molar-refractivity contribution in [2.45, 2.75) is 63.9 Å². The SMILES string of the molecule is CC1(C)c2ccc(F)cc2S(=O)(=O)c2cc(S(=O)(=O)NC3CCN(S(=O)(=O)c4cccc(C(=O)O)c4)CC3)c(C(F)(F)F)cc21. The number of piperidine rings is 1. The Labute approximate surface area is 256 Å². The van der Waals surface area contributed by atoms with Crippen LogP contribution in [0.1, 0.15) is 53.7 Å². The van der Waals surface area contributed by atoms with Crippen molar-refractivity contribution in [3.8, 4) is 0 Å². The number of hydrogen-bond acceptors (Lipinski definition) is 7. The fourth-order valence-electron chi connectivity index (χ4n) is 5.65. The molecule has 0 unspecified atom stereocenters. The molecule has 3 aromatic carbocycles. The Morgan fingerprint density at radius 1 is 0.956 bits per heavy atom. The first kappa shape index (κ1) is 33.0. The number of carboxylic acids is 1. The first-order valence-corrected chi connectivity index (χ1v) is 17.7. The smallest absolute Gasteiger partial charge is 0.417 e.